The first-order valence-corrected chi connectivity index (χ1v) is 11.1. The molecule has 4 nitrogen and oxygen atoms in total. The summed E-state index contributed by atoms with van der Waals surface area (Å²) in [6.45, 7) is 0.408. The highest BCUT2D eigenvalue weighted by Gasteiger charge is 2.24. The molecule has 3 aromatic rings. The zero-order valence-corrected chi connectivity index (χ0v) is 18.8. The summed E-state index contributed by atoms with van der Waals surface area (Å²) in [6, 6.07) is 22.8. The smallest absolute Gasteiger partial charge is 0.264 e. The molecular weight excluding hydrogens is 484 g/mol. The van der Waals surface area contributed by atoms with Crippen LogP contribution in [0.15, 0.2) is 87.2 Å². The molecule has 150 valence electrons. The number of thioether (sulfide) groups is 1. The molecule has 0 atom stereocenters. The first-order valence-electron chi connectivity index (χ1n) is 9.08. The number of halogens is 2. The van der Waals surface area contributed by atoms with Crippen LogP contribution in [0, 0.1) is 0 Å². The van der Waals surface area contributed by atoms with Crippen molar-refractivity contribution in [1.82, 2.24) is 5.32 Å². The van der Waals surface area contributed by atoms with E-state index in [1.165, 1.54) is 11.8 Å². The van der Waals surface area contributed by atoms with Crippen molar-refractivity contribution in [1.29, 1.82) is 0 Å². The fourth-order valence-electron chi connectivity index (χ4n) is 2.75. The van der Waals surface area contributed by atoms with E-state index in [4.69, 9.17) is 16.3 Å². The van der Waals surface area contributed by atoms with Gasteiger partial charge >= 0.3 is 0 Å². The van der Waals surface area contributed by atoms with Crippen LogP contribution < -0.4 is 10.1 Å². The summed E-state index contributed by atoms with van der Waals surface area (Å²) in [7, 11) is 0. The lowest BCUT2D eigenvalue weighted by atomic mass is 10.1. The van der Waals surface area contributed by atoms with Crippen LogP contribution in [0.3, 0.4) is 0 Å². The van der Waals surface area contributed by atoms with Crippen LogP contribution in [-0.2, 0) is 11.4 Å². The van der Waals surface area contributed by atoms with Crippen LogP contribution in [0.5, 0.6) is 5.75 Å². The lowest BCUT2D eigenvalue weighted by molar-refractivity contribution is -0.115. The minimum atomic E-state index is -0.200. The number of ether oxygens (including phenoxy) is 1. The summed E-state index contributed by atoms with van der Waals surface area (Å²) in [5.41, 5.74) is 2.55. The average Bonchev–Trinajstić information content (AvgIpc) is 3.08. The van der Waals surface area contributed by atoms with E-state index in [9.17, 15) is 4.79 Å². The molecule has 1 N–H and O–H groups in total. The van der Waals surface area contributed by atoms with Gasteiger partial charge in [-0.3, -0.25) is 4.79 Å². The Balaban J connectivity index is 1.55. The molecule has 0 unspecified atom stereocenters. The second kappa shape index (κ2) is 9.51. The molecular formula is C23H16BrClN2O2S. The number of nitrogens with zero attached hydrogens (tertiary/aromatic N) is 1. The van der Waals surface area contributed by atoms with Crippen molar-refractivity contribution in [2.75, 3.05) is 0 Å². The van der Waals surface area contributed by atoms with Gasteiger partial charge in [-0.25, -0.2) is 4.99 Å². The molecule has 1 heterocycles. The van der Waals surface area contributed by atoms with Crippen LogP contribution >= 0.6 is 39.3 Å². The average molecular weight is 500 g/mol. The standard InChI is InChI=1S/C23H16BrClN2O2S/c24-17-8-6-15(7-9-17)14-29-20-11-10-18(25)12-16(20)13-21-22(28)27-23(30-21)26-19-4-2-1-3-5-19/h1-13H,14H2,(H,26,27,28)/b21-13-. The first-order chi connectivity index (χ1) is 14.6. The summed E-state index contributed by atoms with van der Waals surface area (Å²) < 4.78 is 7.01. The monoisotopic (exact) mass is 498 g/mol. The number of nitrogens with one attached hydrogen (secondary N) is 1. The largest absolute Gasteiger partial charge is 0.488 e. The highest BCUT2D eigenvalue weighted by Crippen LogP contribution is 2.32. The van der Waals surface area contributed by atoms with Gasteiger partial charge in [0, 0.05) is 15.1 Å². The van der Waals surface area contributed by atoms with E-state index in [-0.39, 0.29) is 5.91 Å². The predicted octanol–water partition coefficient (Wildman–Crippen LogP) is 6.57. The van der Waals surface area contributed by atoms with Crippen LogP contribution in [0.4, 0.5) is 5.69 Å². The molecule has 0 saturated carbocycles. The third-order valence-electron chi connectivity index (χ3n) is 4.20. The predicted molar refractivity (Wildman–Crippen MR) is 127 cm³/mol. The van der Waals surface area contributed by atoms with Crippen LogP contribution in [-0.4, -0.2) is 11.1 Å². The van der Waals surface area contributed by atoms with Crippen molar-refractivity contribution in [3.8, 4) is 5.75 Å². The minimum Gasteiger partial charge on any atom is -0.488 e. The summed E-state index contributed by atoms with van der Waals surface area (Å²) in [4.78, 5) is 17.4. The van der Waals surface area contributed by atoms with Gasteiger partial charge in [-0.2, -0.15) is 0 Å². The molecule has 0 bridgehead atoms. The van der Waals surface area contributed by atoms with Crippen molar-refractivity contribution < 1.29 is 9.53 Å². The molecule has 4 rings (SSSR count). The molecule has 0 aromatic heterocycles. The number of hydrogen-bond acceptors (Lipinski definition) is 4. The Kier molecular flexibility index (Phi) is 6.57. The Morgan fingerprint density at radius 1 is 1.07 bits per heavy atom. The number of benzene rings is 3. The van der Waals surface area contributed by atoms with Gasteiger partial charge in [-0.15, -0.1) is 0 Å². The fraction of sp³-hybridized carbons (Fsp3) is 0.0435. The van der Waals surface area contributed by atoms with E-state index in [1.54, 1.807) is 18.2 Å². The van der Waals surface area contributed by atoms with E-state index in [2.05, 4.69) is 26.2 Å². The van der Waals surface area contributed by atoms with E-state index in [0.29, 0.717) is 27.5 Å². The SMILES string of the molecule is O=C1NC(=Nc2ccccc2)S/C1=C\c1cc(Cl)ccc1OCc1ccc(Br)cc1. The van der Waals surface area contributed by atoms with Crippen LogP contribution in [0.2, 0.25) is 5.02 Å². The number of carbonyl (C=O) groups excluding carboxylic acids is 1. The van der Waals surface area contributed by atoms with Crippen molar-refractivity contribution in [3.63, 3.8) is 0 Å². The molecule has 1 saturated heterocycles. The van der Waals surface area contributed by atoms with Gasteiger partial charge in [0.15, 0.2) is 5.17 Å². The van der Waals surface area contributed by atoms with Crippen molar-refractivity contribution in [2.24, 2.45) is 4.99 Å². The van der Waals surface area contributed by atoms with E-state index in [0.717, 1.165) is 21.3 Å². The minimum absolute atomic E-state index is 0.200. The maximum Gasteiger partial charge on any atom is 0.264 e. The van der Waals surface area contributed by atoms with Crippen molar-refractivity contribution in [2.45, 2.75) is 6.61 Å². The number of amidine groups is 1. The van der Waals surface area contributed by atoms with E-state index < -0.39 is 0 Å². The van der Waals surface area contributed by atoms with Gasteiger partial charge < -0.3 is 10.1 Å². The number of amides is 1. The third-order valence-corrected chi connectivity index (χ3v) is 5.88. The molecule has 3 aromatic carbocycles. The van der Waals surface area contributed by atoms with Gasteiger partial charge in [0.2, 0.25) is 0 Å². The Hall–Kier alpha value is -2.54. The second-order valence-corrected chi connectivity index (χ2v) is 8.80. The second-order valence-electron chi connectivity index (χ2n) is 6.41. The van der Waals surface area contributed by atoms with E-state index in [1.807, 2.05) is 60.7 Å². The van der Waals surface area contributed by atoms with E-state index >= 15 is 0 Å². The highest BCUT2D eigenvalue weighted by molar-refractivity contribution is 9.10. The molecule has 7 heteroatoms. The maximum atomic E-state index is 12.4. The number of rotatable bonds is 5. The summed E-state index contributed by atoms with van der Waals surface area (Å²) in [5.74, 6) is 0.449. The molecule has 0 radical (unpaired) electrons. The third kappa shape index (κ3) is 5.33. The molecule has 30 heavy (non-hydrogen) atoms. The number of carbonyl (C=O) groups is 1. The quantitative estimate of drug-likeness (QED) is 0.404. The Morgan fingerprint density at radius 2 is 1.83 bits per heavy atom. The maximum absolute atomic E-state index is 12.4. The van der Waals surface area contributed by atoms with Crippen LogP contribution in [0.1, 0.15) is 11.1 Å². The number of hydrogen-bond donors (Lipinski definition) is 1. The number of aliphatic imine (C=N–C) groups is 1. The van der Waals surface area contributed by atoms with Crippen molar-refractivity contribution in [3.05, 3.63) is 98.3 Å². The summed E-state index contributed by atoms with van der Waals surface area (Å²) >= 11 is 10.9. The van der Waals surface area contributed by atoms with Gasteiger partial charge in [-0.1, -0.05) is 57.9 Å². The van der Waals surface area contributed by atoms with Gasteiger partial charge in [0.05, 0.1) is 10.6 Å². The van der Waals surface area contributed by atoms with Gasteiger partial charge in [0.1, 0.15) is 12.4 Å². The zero-order valence-electron chi connectivity index (χ0n) is 15.6. The lowest BCUT2D eigenvalue weighted by Gasteiger charge is -2.10. The normalized spacial score (nSPS) is 16.1. The summed E-state index contributed by atoms with van der Waals surface area (Å²) in [6.07, 6.45) is 1.77. The molecule has 0 aliphatic carbocycles. The molecule has 0 spiro atoms. The topological polar surface area (TPSA) is 50.7 Å². The molecule has 1 fully saturated rings. The van der Waals surface area contributed by atoms with Gasteiger partial charge in [-0.05, 0) is 65.9 Å². The first kappa shape index (κ1) is 20.7. The Morgan fingerprint density at radius 3 is 2.60 bits per heavy atom. The Bertz CT molecular complexity index is 1130. The lowest BCUT2D eigenvalue weighted by Crippen LogP contribution is -2.19. The van der Waals surface area contributed by atoms with Crippen LogP contribution in [0.25, 0.3) is 6.08 Å². The number of para-hydroxylation sites is 1. The highest BCUT2D eigenvalue weighted by atomic mass is 79.9. The molecule has 1 aliphatic heterocycles. The van der Waals surface area contributed by atoms with Gasteiger partial charge in [0.25, 0.3) is 5.91 Å². The fourth-order valence-corrected chi connectivity index (χ4v) is 4.02. The Labute approximate surface area is 192 Å². The zero-order chi connectivity index (χ0) is 20.9. The van der Waals surface area contributed by atoms with Crippen molar-refractivity contribution >= 4 is 62.1 Å². The summed E-state index contributed by atoms with van der Waals surface area (Å²) in [5, 5.41) is 3.91. The molecule has 1 amide bonds. The molecule has 1 aliphatic rings.